The third-order valence-electron chi connectivity index (χ3n) is 5.54. The highest BCUT2D eigenvalue weighted by Crippen LogP contribution is 2.30. The molecule has 0 spiro atoms. The van der Waals surface area contributed by atoms with Crippen molar-refractivity contribution >= 4 is 35.0 Å². The molecule has 3 aromatic rings. The number of nitrogens with one attached hydrogen (secondary N) is 1. The molecular formula is C24H24ClN5O3. The third-order valence-corrected chi connectivity index (χ3v) is 5.77. The zero-order chi connectivity index (χ0) is 23.5. The van der Waals surface area contributed by atoms with Crippen LogP contribution in [0.5, 0.6) is 0 Å². The Hall–Kier alpha value is -3.54. The minimum absolute atomic E-state index is 0.0144. The van der Waals surface area contributed by atoms with E-state index in [1.165, 1.54) is 0 Å². The molecule has 0 saturated carbocycles. The Bertz CT molecular complexity index is 1260. The monoisotopic (exact) mass is 465 g/mol. The van der Waals surface area contributed by atoms with Crippen LogP contribution in [0.3, 0.4) is 0 Å². The van der Waals surface area contributed by atoms with Gasteiger partial charge in [0, 0.05) is 35.6 Å². The van der Waals surface area contributed by atoms with E-state index in [0.717, 1.165) is 22.6 Å². The lowest BCUT2D eigenvalue weighted by Gasteiger charge is -2.30. The van der Waals surface area contributed by atoms with Gasteiger partial charge in [0.25, 0.3) is 5.91 Å². The number of aryl methyl sites for hydroxylation is 2. The van der Waals surface area contributed by atoms with E-state index >= 15 is 0 Å². The Morgan fingerprint density at radius 1 is 1.21 bits per heavy atom. The highest BCUT2D eigenvalue weighted by Gasteiger charge is 2.19. The summed E-state index contributed by atoms with van der Waals surface area (Å²) in [6.45, 7) is 8.30. The predicted molar refractivity (Wildman–Crippen MR) is 127 cm³/mol. The number of morpholine rings is 1. The van der Waals surface area contributed by atoms with Crippen LogP contribution in [0.25, 0.3) is 11.9 Å². The van der Waals surface area contributed by atoms with Crippen LogP contribution in [0.15, 0.2) is 40.4 Å². The smallest absolute Gasteiger partial charge is 0.266 e. The van der Waals surface area contributed by atoms with Gasteiger partial charge in [0.05, 0.1) is 24.6 Å². The van der Waals surface area contributed by atoms with Gasteiger partial charge in [-0.1, -0.05) is 16.8 Å². The van der Waals surface area contributed by atoms with E-state index < -0.39 is 5.91 Å². The summed E-state index contributed by atoms with van der Waals surface area (Å²) >= 11 is 6.19. The summed E-state index contributed by atoms with van der Waals surface area (Å²) < 4.78 is 12.5. The average molecular weight is 466 g/mol. The van der Waals surface area contributed by atoms with Crippen molar-refractivity contribution in [3.8, 4) is 11.9 Å². The fraction of sp³-hybridized carbons (Fsp3) is 0.292. The quantitative estimate of drug-likeness (QED) is 0.442. The number of hydrogen-bond acceptors (Lipinski definition) is 6. The van der Waals surface area contributed by atoms with Crippen molar-refractivity contribution in [3.05, 3.63) is 63.6 Å². The maximum Gasteiger partial charge on any atom is 0.266 e. The number of halogens is 1. The van der Waals surface area contributed by atoms with E-state index in [9.17, 15) is 10.1 Å². The van der Waals surface area contributed by atoms with Gasteiger partial charge in [0.1, 0.15) is 17.4 Å². The van der Waals surface area contributed by atoms with Gasteiger partial charge in [-0.3, -0.25) is 9.36 Å². The number of nitrogens with zero attached hydrogens (tertiary/aromatic N) is 4. The van der Waals surface area contributed by atoms with Crippen LogP contribution in [0, 0.1) is 32.1 Å². The molecule has 9 heteroatoms. The van der Waals surface area contributed by atoms with Crippen LogP contribution < -0.4 is 10.2 Å². The molecule has 1 amide bonds. The number of anilines is 2. The second kappa shape index (κ2) is 9.53. The first-order valence-electron chi connectivity index (χ1n) is 10.6. The van der Waals surface area contributed by atoms with E-state index in [1.807, 2.05) is 49.6 Å². The molecule has 1 N–H and O–H groups in total. The maximum atomic E-state index is 13.0. The van der Waals surface area contributed by atoms with Crippen LogP contribution in [0.4, 0.5) is 11.4 Å². The van der Waals surface area contributed by atoms with Gasteiger partial charge in [-0.2, -0.15) is 5.26 Å². The van der Waals surface area contributed by atoms with Crippen LogP contribution in [-0.4, -0.2) is 41.9 Å². The molecule has 0 bridgehead atoms. The molecule has 0 aliphatic carbocycles. The lowest BCUT2D eigenvalue weighted by atomic mass is 10.1. The molecule has 1 aliphatic heterocycles. The minimum atomic E-state index is -0.503. The summed E-state index contributed by atoms with van der Waals surface area (Å²) in [4.78, 5) is 15.2. The molecule has 2 aromatic heterocycles. The van der Waals surface area contributed by atoms with Gasteiger partial charge < -0.3 is 19.5 Å². The topological polar surface area (TPSA) is 96.3 Å². The highest BCUT2D eigenvalue weighted by atomic mass is 35.5. The zero-order valence-corrected chi connectivity index (χ0v) is 19.4. The molecule has 0 atom stereocenters. The number of benzene rings is 1. The first-order chi connectivity index (χ1) is 15.9. The Morgan fingerprint density at radius 2 is 1.97 bits per heavy atom. The molecule has 1 saturated heterocycles. The standard InChI is InChI=1S/C24H24ClN5O3/c1-15-10-18(17(3)30(15)23-11-16(2)33-28-23)12-19(14-26)24(31)27-21-13-20(25)4-5-22(21)29-6-8-32-9-7-29/h4-5,10-13H,6-9H2,1-3H3,(H,27,31)/b19-12+. The number of hydrogen-bond donors (Lipinski definition) is 1. The predicted octanol–water partition coefficient (Wildman–Crippen LogP) is 4.43. The molecule has 4 rings (SSSR count). The Morgan fingerprint density at radius 3 is 2.64 bits per heavy atom. The Kier molecular flexibility index (Phi) is 6.54. The number of amides is 1. The van der Waals surface area contributed by atoms with Crippen molar-refractivity contribution in [1.29, 1.82) is 5.26 Å². The summed E-state index contributed by atoms with van der Waals surface area (Å²) in [5.41, 5.74) is 3.89. The minimum Gasteiger partial charge on any atom is -0.378 e. The van der Waals surface area contributed by atoms with E-state index in [-0.39, 0.29) is 5.57 Å². The summed E-state index contributed by atoms with van der Waals surface area (Å²) in [5, 5.41) is 17.2. The van der Waals surface area contributed by atoms with Gasteiger partial charge >= 0.3 is 0 Å². The number of aromatic nitrogens is 2. The number of rotatable bonds is 5. The molecule has 3 heterocycles. The van der Waals surface area contributed by atoms with E-state index in [1.54, 1.807) is 18.2 Å². The number of carbonyl (C=O) groups is 1. The largest absolute Gasteiger partial charge is 0.378 e. The molecule has 0 unspecified atom stereocenters. The zero-order valence-electron chi connectivity index (χ0n) is 18.7. The first kappa shape index (κ1) is 22.6. The van der Waals surface area contributed by atoms with Crippen LogP contribution in [0.1, 0.15) is 22.7 Å². The molecule has 1 fully saturated rings. The van der Waals surface area contributed by atoms with Crippen molar-refractivity contribution < 1.29 is 14.1 Å². The van der Waals surface area contributed by atoms with E-state index in [2.05, 4.69) is 15.4 Å². The fourth-order valence-electron chi connectivity index (χ4n) is 3.93. The van der Waals surface area contributed by atoms with Gasteiger partial charge in [0.2, 0.25) is 0 Å². The molecule has 33 heavy (non-hydrogen) atoms. The van der Waals surface area contributed by atoms with Gasteiger partial charge in [-0.05, 0) is 56.7 Å². The van der Waals surface area contributed by atoms with Crippen LogP contribution in [0.2, 0.25) is 5.02 Å². The Labute approximate surface area is 197 Å². The van der Waals surface area contributed by atoms with Gasteiger partial charge in [-0.15, -0.1) is 0 Å². The molecule has 170 valence electrons. The van der Waals surface area contributed by atoms with Gasteiger partial charge in [0.15, 0.2) is 5.82 Å². The van der Waals surface area contributed by atoms with E-state index in [4.69, 9.17) is 20.9 Å². The summed E-state index contributed by atoms with van der Waals surface area (Å²) in [6.07, 6.45) is 1.58. The summed E-state index contributed by atoms with van der Waals surface area (Å²) in [7, 11) is 0. The first-order valence-corrected chi connectivity index (χ1v) is 10.9. The Balaban J connectivity index is 1.63. The molecule has 8 nitrogen and oxygen atoms in total. The second-order valence-electron chi connectivity index (χ2n) is 7.84. The molecular weight excluding hydrogens is 442 g/mol. The molecule has 1 aromatic carbocycles. The van der Waals surface area contributed by atoms with Crippen molar-refractivity contribution in [2.45, 2.75) is 20.8 Å². The lowest BCUT2D eigenvalue weighted by Crippen LogP contribution is -2.36. The van der Waals surface area contributed by atoms with Crippen molar-refractivity contribution in [2.24, 2.45) is 0 Å². The maximum absolute atomic E-state index is 13.0. The third kappa shape index (κ3) is 4.80. The normalized spacial score (nSPS) is 14.3. The number of ether oxygens (including phenoxy) is 1. The summed E-state index contributed by atoms with van der Waals surface area (Å²) in [5.74, 6) is 0.847. The van der Waals surface area contributed by atoms with Gasteiger partial charge in [-0.25, -0.2) is 0 Å². The SMILES string of the molecule is Cc1cc(-n2c(C)cc(/C=C(\C#N)C(=O)Nc3cc(Cl)ccc3N3CCOCC3)c2C)no1. The fourth-order valence-corrected chi connectivity index (χ4v) is 4.10. The van der Waals surface area contributed by atoms with Crippen LogP contribution >= 0.6 is 11.6 Å². The summed E-state index contributed by atoms with van der Waals surface area (Å²) in [6, 6.07) is 11.1. The number of nitriles is 1. The highest BCUT2D eigenvalue weighted by molar-refractivity contribution is 6.31. The number of carbonyl (C=O) groups excluding carboxylic acids is 1. The molecule has 1 aliphatic rings. The van der Waals surface area contributed by atoms with Crippen molar-refractivity contribution in [1.82, 2.24) is 9.72 Å². The molecule has 0 radical (unpaired) electrons. The van der Waals surface area contributed by atoms with E-state index in [0.29, 0.717) is 48.6 Å². The van der Waals surface area contributed by atoms with Crippen molar-refractivity contribution in [3.63, 3.8) is 0 Å². The van der Waals surface area contributed by atoms with Crippen LogP contribution in [-0.2, 0) is 9.53 Å². The lowest BCUT2D eigenvalue weighted by molar-refractivity contribution is -0.112. The van der Waals surface area contributed by atoms with Crippen molar-refractivity contribution in [2.75, 3.05) is 36.5 Å². The average Bonchev–Trinajstić information content (AvgIpc) is 3.34. The second-order valence-corrected chi connectivity index (χ2v) is 8.28.